The number of nitrogens with one attached hydrogen (secondary N) is 1. The molecule has 1 heterocycles. The van der Waals surface area contributed by atoms with Gasteiger partial charge in [-0.2, -0.15) is 0 Å². The van der Waals surface area contributed by atoms with Crippen molar-refractivity contribution in [2.24, 2.45) is 0 Å². The van der Waals surface area contributed by atoms with Crippen molar-refractivity contribution in [3.8, 4) is 0 Å². The number of hydrogen-bond acceptors (Lipinski definition) is 3. The van der Waals surface area contributed by atoms with E-state index in [-0.39, 0.29) is 30.7 Å². The third-order valence-electron chi connectivity index (χ3n) is 4.15. The first-order valence-corrected chi connectivity index (χ1v) is 9.46. The number of amides is 3. The SMILES string of the molecule is CCCN(CC(=O)Nc1ccc(Cl)cc1Cl)C(=O)CCN1CCCC1=O. The van der Waals surface area contributed by atoms with Gasteiger partial charge in [0.1, 0.15) is 0 Å². The third-order valence-corrected chi connectivity index (χ3v) is 4.70. The Kier molecular flexibility index (Phi) is 7.72. The molecule has 0 aliphatic carbocycles. The van der Waals surface area contributed by atoms with Gasteiger partial charge in [-0.1, -0.05) is 30.1 Å². The molecule has 3 amide bonds. The van der Waals surface area contributed by atoms with Crippen molar-refractivity contribution in [3.05, 3.63) is 28.2 Å². The molecule has 26 heavy (non-hydrogen) atoms. The molecule has 0 radical (unpaired) electrons. The largest absolute Gasteiger partial charge is 0.342 e. The predicted octanol–water partition coefficient (Wildman–Crippen LogP) is 3.18. The van der Waals surface area contributed by atoms with Crippen molar-refractivity contribution in [1.29, 1.82) is 0 Å². The van der Waals surface area contributed by atoms with E-state index in [4.69, 9.17) is 23.2 Å². The number of benzene rings is 1. The van der Waals surface area contributed by atoms with Crippen molar-refractivity contribution in [3.63, 3.8) is 0 Å². The van der Waals surface area contributed by atoms with Gasteiger partial charge in [0.05, 0.1) is 17.3 Å². The summed E-state index contributed by atoms with van der Waals surface area (Å²) in [5.41, 5.74) is 0.452. The molecule has 1 aromatic rings. The number of carbonyl (C=O) groups excluding carboxylic acids is 3. The first kappa shape index (κ1) is 20.5. The molecule has 142 valence electrons. The normalized spacial score (nSPS) is 13.8. The molecule has 0 saturated carbocycles. The summed E-state index contributed by atoms with van der Waals surface area (Å²) >= 11 is 11.9. The van der Waals surface area contributed by atoms with Crippen LogP contribution < -0.4 is 5.32 Å². The maximum absolute atomic E-state index is 12.5. The van der Waals surface area contributed by atoms with E-state index in [1.807, 2.05) is 6.92 Å². The number of likely N-dealkylation sites (tertiary alicyclic amines) is 1. The highest BCUT2D eigenvalue weighted by Crippen LogP contribution is 2.25. The molecule has 0 atom stereocenters. The first-order valence-electron chi connectivity index (χ1n) is 8.71. The summed E-state index contributed by atoms with van der Waals surface area (Å²) in [6.07, 6.45) is 2.36. The van der Waals surface area contributed by atoms with Gasteiger partial charge in [-0.05, 0) is 31.0 Å². The Hall–Kier alpha value is -1.79. The first-order chi connectivity index (χ1) is 12.4. The highest BCUT2D eigenvalue weighted by atomic mass is 35.5. The Bertz CT molecular complexity index is 682. The van der Waals surface area contributed by atoms with Crippen molar-refractivity contribution < 1.29 is 14.4 Å². The van der Waals surface area contributed by atoms with Crippen LogP contribution in [0, 0.1) is 0 Å². The summed E-state index contributed by atoms with van der Waals surface area (Å²) in [4.78, 5) is 39.6. The molecule has 8 heteroatoms. The van der Waals surface area contributed by atoms with E-state index in [0.717, 1.165) is 12.8 Å². The number of hydrogen-bond donors (Lipinski definition) is 1. The fourth-order valence-electron chi connectivity index (χ4n) is 2.84. The molecule has 0 unspecified atom stereocenters. The van der Waals surface area contributed by atoms with E-state index in [1.54, 1.807) is 23.1 Å². The summed E-state index contributed by atoms with van der Waals surface area (Å²) in [5.74, 6) is -0.368. The zero-order valence-corrected chi connectivity index (χ0v) is 16.3. The number of carbonyl (C=O) groups is 3. The van der Waals surface area contributed by atoms with Crippen molar-refractivity contribution in [1.82, 2.24) is 9.80 Å². The van der Waals surface area contributed by atoms with Gasteiger partial charge in [-0.25, -0.2) is 0 Å². The van der Waals surface area contributed by atoms with Crippen molar-refractivity contribution >= 4 is 46.6 Å². The monoisotopic (exact) mass is 399 g/mol. The molecule has 1 aromatic carbocycles. The van der Waals surface area contributed by atoms with Crippen LogP contribution in [0.15, 0.2) is 18.2 Å². The lowest BCUT2D eigenvalue weighted by Crippen LogP contribution is -2.40. The maximum Gasteiger partial charge on any atom is 0.244 e. The minimum Gasteiger partial charge on any atom is -0.342 e. The summed E-state index contributed by atoms with van der Waals surface area (Å²) in [6.45, 7) is 3.48. The third kappa shape index (κ3) is 5.88. The van der Waals surface area contributed by atoms with E-state index < -0.39 is 0 Å². The van der Waals surface area contributed by atoms with Crippen LogP contribution in [0.3, 0.4) is 0 Å². The minimum absolute atomic E-state index is 0.0560. The van der Waals surface area contributed by atoms with E-state index >= 15 is 0 Å². The zero-order chi connectivity index (χ0) is 19.1. The van der Waals surface area contributed by atoms with Gasteiger partial charge in [-0.3, -0.25) is 14.4 Å². The second-order valence-electron chi connectivity index (χ2n) is 6.22. The molecule has 1 N–H and O–H groups in total. The van der Waals surface area contributed by atoms with Crippen LogP contribution in [0.5, 0.6) is 0 Å². The van der Waals surface area contributed by atoms with Gasteiger partial charge < -0.3 is 15.1 Å². The van der Waals surface area contributed by atoms with Crippen molar-refractivity contribution in [2.75, 3.05) is 31.5 Å². The van der Waals surface area contributed by atoms with Crippen LogP contribution in [0.1, 0.15) is 32.6 Å². The molecule has 0 spiro atoms. The van der Waals surface area contributed by atoms with Crippen LogP contribution in [0.4, 0.5) is 5.69 Å². The Balaban J connectivity index is 1.90. The number of nitrogens with zero attached hydrogens (tertiary/aromatic N) is 2. The number of anilines is 1. The summed E-state index contributed by atoms with van der Waals surface area (Å²) < 4.78 is 0. The van der Waals surface area contributed by atoms with Gasteiger partial charge in [0.25, 0.3) is 0 Å². The smallest absolute Gasteiger partial charge is 0.244 e. The molecule has 2 rings (SSSR count). The van der Waals surface area contributed by atoms with Crippen LogP contribution in [-0.2, 0) is 14.4 Å². The minimum atomic E-state index is -0.326. The van der Waals surface area contributed by atoms with Gasteiger partial charge in [0.2, 0.25) is 17.7 Å². The number of halogens is 2. The van der Waals surface area contributed by atoms with E-state index in [9.17, 15) is 14.4 Å². The van der Waals surface area contributed by atoms with E-state index in [2.05, 4.69) is 5.32 Å². The van der Waals surface area contributed by atoms with Crippen LogP contribution in [0.25, 0.3) is 0 Å². The van der Waals surface area contributed by atoms with Gasteiger partial charge in [-0.15, -0.1) is 0 Å². The summed E-state index contributed by atoms with van der Waals surface area (Å²) in [6, 6.07) is 4.79. The maximum atomic E-state index is 12.5. The molecule has 6 nitrogen and oxygen atoms in total. The molecule has 1 saturated heterocycles. The number of rotatable bonds is 8. The van der Waals surface area contributed by atoms with Gasteiger partial charge >= 0.3 is 0 Å². The molecule has 1 aliphatic heterocycles. The molecule has 0 aromatic heterocycles. The zero-order valence-electron chi connectivity index (χ0n) is 14.8. The Labute approximate surface area is 163 Å². The lowest BCUT2D eigenvalue weighted by atomic mass is 10.3. The Morgan fingerprint density at radius 1 is 1.31 bits per heavy atom. The molecular formula is C18H23Cl2N3O3. The quantitative estimate of drug-likeness (QED) is 0.729. The highest BCUT2D eigenvalue weighted by molar-refractivity contribution is 6.36. The van der Waals surface area contributed by atoms with Crippen LogP contribution >= 0.6 is 23.2 Å². The molecule has 0 bridgehead atoms. The van der Waals surface area contributed by atoms with Crippen molar-refractivity contribution in [2.45, 2.75) is 32.6 Å². The highest BCUT2D eigenvalue weighted by Gasteiger charge is 2.23. The molecule has 1 aliphatic rings. The molecular weight excluding hydrogens is 377 g/mol. The lowest BCUT2D eigenvalue weighted by molar-refractivity contribution is -0.135. The predicted molar refractivity (Wildman–Crippen MR) is 102 cm³/mol. The van der Waals surface area contributed by atoms with Crippen LogP contribution in [-0.4, -0.2) is 53.7 Å². The van der Waals surface area contributed by atoms with Gasteiger partial charge in [0, 0.05) is 37.5 Å². The van der Waals surface area contributed by atoms with E-state index in [1.165, 1.54) is 4.90 Å². The topological polar surface area (TPSA) is 69.7 Å². The standard InChI is InChI=1S/C18H23Cl2N3O3/c1-2-8-23(18(26)7-10-22-9-3-4-17(22)25)12-16(24)21-15-6-5-13(19)11-14(15)20/h5-6,11H,2-4,7-10,12H2,1H3,(H,21,24). The van der Waals surface area contributed by atoms with Gasteiger partial charge in [0.15, 0.2) is 0 Å². The Morgan fingerprint density at radius 3 is 2.69 bits per heavy atom. The molecule has 1 fully saturated rings. The summed E-state index contributed by atoms with van der Waals surface area (Å²) in [7, 11) is 0. The van der Waals surface area contributed by atoms with Crippen LogP contribution in [0.2, 0.25) is 10.0 Å². The fraction of sp³-hybridized carbons (Fsp3) is 0.500. The fourth-order valence-corrected chi connectivity index (χ4v) is 3.30. The second kappa shape index (κ2) is 9.78. The van der Waals surface area contributed by atoms with E-state index in [0.29, 0.717) is 41.8 Å². The second-order valence-corrected chi connectivity index (χ2v) is 7.07. The average molecular weight is 400 g/mol. The lowest BCUT2D eigenvalue weighted by Gasteiger charge is -2.23. The Morgan fingerprint density at radius 2 is 2.08 bits per heavy atom. The summed E-state index contributed by atoms with van der Waals surface area (Å²) in [5, 5.41) is 3.52. The average Bonchev–Trinajstić information content (AvgIpc) is 3.00.